The van der Waals surface area contributed by atoms with E-state index in [-0.39, 0.29) is 6.10 Å². The SMILES string of the molecule is Cc1noc(-c2ccc(-c3cc4ccccc4[nH]3)cc2)c1NC(=O)OC(C)c1ccccc1. The molecule has 0 radical (unpaired) electrons. The average molecular weight is 437 g/mol. The number of nitrogens with one attached hydrogen (secondary N) is 2. The fraction of sp³-hybridized carbons (Fsp3) is 0.111. The number of rotatable bonds is 5. The molecular formula is C27H23N3O3. The van der Waals surface area contributed by atoms with Gasteiger partial charge < -0.3 is 14.2 Å². The highest BCUT2D eigenvalue weighted by Gasteiger charge is 2.20. The maximum Gasteiger partial charge on any atom is 0.412 e. The summed E-state index contributed by atoms with van der Waals surface area (Å²) in [4.78, 5) is 16.0. The molecule has 0 bridgehead atoms. The van der Waals surface area contributed by atoms with E-state index in [0.717, 1.165) is 33.3 Å². The van der Waals surface area contributed by atoms with Crippen molar-refractivity contribution in [2.75, 3.05) is 5.32 Å². The van der Waals surface area contributed by atoms with Crippen molar-refractivity contribution in [1.82, 2.24) is 10.1 Å². The van der Waals surface area contributed by atoms with Gasteiger partial charge >= 0.3 is 6.09 Å². The third kappa shape index (κ3) is 4.23. The Kier molecular flexibility index (Phi) is 5.40. The Hall–Kier alpha value is -4.32. The molecule has 0 aliphatic carbocycles. The van der Waals surface area contributed by atoms with Gasteiger partial charge in [-0.25, -0.2) is 4.79 Å². The van der Waals surface area contributed by atoms with Gasteiger partial charge in [0, 0.05) is 22.2 Å². The van der Waals surface area contributed by atoms with E-state index in [1.54, 1.807) is 6.92 Å². The molecule has 33 heavy (non-hydrogen) atoms. The molecule has 164 valence electrons. The molecule has 0 fully saturated rings. The van der Waals surface area contributed by atoms with Gasteiger partial charge in [0.05, 0.1) is 0 Å². The van der Waals surface area contributed by atoms with Crippen LogP contribution in [-0.2, 0) is 4.74 Å². The van der Waals surface area contributed by atoms with Gasteiger partial charge in [-0.15, -0.1) is 0 Å². The number of carbonyl (C=O) groups excluding carboxylic acids is 1. The molecule has 0 spiro atoms. The maximum atomic E-state index is 12.5. The van der Waals surface area contributed by atoms with Gasteiger partial charge in [0.15, 0.2) is 5.76 Å². The highest BCUT2D eigenvalue weighted by atomic mass is 16.6. The molecule has 1 unspecified atom stereocenters. The lowest BCUT2D eigenvalue weighted by atomic mass is 10.1. The van der Waals surface area contributed by atoms with Crippen molar-refractivity contribution in [3.8, 4) is 22.6 Å². The van der Waals surface area contributed by atoms with Crippen molar-refractivity contribution >= 4 is 22.7 Å². The van der Waals surface area contributed by atoms with Crippen LogP contribution in [0.5, 0.6) is 0 Å². The summed E-state index contributed by atoms with van der Waals surface area (Å²) in [5.74, 6) is 0.486. The van der Waals surface area contributed by atoms with E-state index in [1.807, 2.05) is 73.7 Å². The van der Waals surface area contributed by atoms with Crippen LogP contribution in [0.25, 0.3) is 33.5 Å². The standard InChI is InChI=1S/C27H23N3O3/c1-17-25(29-27(31)32-18(2)19-8-4-3-5-9-19)26(33-30-17)21-14-12-20(13-15-21)24-16-22-10-6-7-11-23(22)28-24/h3-16,18,28H,1-2H3,(H,29,31). The Morgan fingerprint density at radius 3 is 2.42 bits per heavy atom. The maximum absolute atomic E-state index is 12.5. The zero-order chi connectivity index (χ0) is 22.8. The number of H-pyrrole nitrogens is 1. The molecule has 5 rings (SSSR count). The van der Waals surface area contributed by atoms with E-state index >= 15 is 0 Å². The second-order valence-electron chi connectivity index (χ2n) is 7.90. The van der Waals surface area contributed by atoms with E-state index in [0.29, 0.717) is 17.1 Å². The third-order valence-electron chi connectivity index (χ3n) is 5.63. The monoisotopic (exact) mass is 437 g/mol. The van der Waals surface area contributed by atoms with Crippen LogP contribution in [0.2, 0.25) is 0 Å². The molecular weight excluding hydrogens is 414 g/mol. The molecule has 1 atom stereocenters. The van der Waals surface area contributed by atoms with Crippen LogP contribution in [-0.4, -0.2) is 16.2 Å². The molecule has 5 aromatic rings. The molecule has 6 nitrogen and oxygen atoms in total. The highest BCUT2D eigenvalue weighted by molar-refractivity contribution is 5.91. The number of para-hydroxylation sites is 1. The Labute approximate surface area is 191 Å². The molecule has 2 aromatic heterocycles. The van der Waals surface area contributed by atoms with Crippen molar-refractivity contribution in [2.45, 2.75) is 20.0 Å². The zero-order valence-corrected chi connectivity index (χ0v) is 18.3. The van der Waals surface area contributed by atoms with Crippen LogP contribution in [0.1, 0.15) is 24.3 Å². The first kappa shape index (κ1) is 20.6. The first-order valence-electron chi connectivity index (χ1n) is 10.8. The number of hydrogen-bond acceptors (Lipinski definition) is 4. The number of carbonyl (C=O) groups is 1. The summed E-state index contributed by atoms with van der Waals surface area (Å²) in [5.41, 5.74) is 5.99. The average Bonchev–Trinajstić information content (AvgIpc) is 3.43. The van der Waals surface area contributed by atoms with Crippen molar-refractivity contribution in [3.63, 3.8) is 0 Å². The van der Waals surface area contributed by atoms with Crippen LogP contribution in [0.4, 0.5) is 10.5 Å². The van der Waals surface area contributed by atoms with Crippen LogP contribution < -0.4 is 5.32 Å². The van der Waals surface area contributed by atoms with E-state index in [1.165, 1.54) is 0 Å². The Bertz CT molecular complexity index is 1370. The van der Waals surface area contributed by atoms with E-state index < -0.39 is 6.09 Å². The number of aromatic nitrogens is 2. The van der Waals surface area contributed by atoms with Crippen LogP contribution in [0.3, 0.4) is 0 Å². The lowest BCUT2D eigenvalue weighted by molar-refractivity contribution is 0.121. The number of aryl methyl sites for hydroxylation is 1. The third-order valence-corrected chi connectivity index (χ3v) is 5.63. The molecule has 2 N–H and O–H groups in total. The minimum atomic E-state index is -0.561. The first-order valence-corrected chi connectivity index (χ1v) is 10.8. The number of aromatic amines is 1. The summed E-state index contributed by atoms with van der Waals surface area (Å²) in [6.45, 7) is 3.61. The van der Waals surface area contributed by atoms with Gasteiger partial charge in [-0.1, -0.05) is 78.0 Å². The topological polar surface area (TPSA) is 80.2 Å². The fourth-order valence-corrected chi connectivity index (χ4v) is 3.83. The molecule has 0 aliphatic rings. The van der Waals surface area contributed by atoms with E-state index in [4.69, 9.17) is 9.26 Å². The second-order valence-corrected chi connectivity index (χ2v) is 7.90. The molecule has 1 amide bonds. The predicted octanol–water partition coefficient (Wildman–Crippen LogP) is 7.11. The van der Waals surface area contributed by atoms with Gasteiger partial charge in [-0.2, -0.15) is 0 Å². The summed E-state index contributed by atoms with van der Waals surface area (Å²) < 4.78 is 11.1. The number of ether oxygens (including phenoxy) is 1. The van der Waals surface area contributed by atoms with E-state index in [2.05, 4.69) is 33.7 Å². The Balaban J connectivity index is 1.34. The summed E-state index contributed by atoms with van der Waals surface area (Å²) in [7, 11) is 0. The van der Waals surface area contributed by atoms with E-state index in [9.17, 15) is 4.79 Å². The lowest BCUT2D eigenvalue weighted by Gasteiger charge is -2.14. The Morgan fingerprint density at radius 1 is 0.970 bits per heavy atom. The molecule has 3 aromatic carbocycles. The van der Waals surface area contributed by atoms with Gasteiger partial charge in [0.1, 0.15) is 17.5 Å². The number of fused-ring (bicyclic) bond motifs is 1. The van der Waals surface area contributed by atoms with Crippen molar-refractivity contribution in [2.24, 2.45) is 0 Å². The molecule has 0 aliphatic heterocycles. The minimum absolute atomic E-state index is 0.384. The van der Waals surface area contributed by atoms with Crippen LogP contribution >= 0.6 is 0 Å². The molecule has 6 heteroatoms. The number of nitrogens with zero attached hydrogens (tertiary/aromatic N) is 1. The quantitative estimate of drug-likeness (QED) is 0.307. The lowest BCUT2D eigenvalue weighted by Crippen LogP contribution is -2.16. The van der Waals surface area contributed by atoms with Gasteiger partial charge in [-0.3, -0.25) is 5.32 Å². The van der Waals surface area contributed by atoms with Crippen LogP contribution in [0.15, 0.2) is 89.5 Å². The highest BCUT2D eigenvalue weighted by Crippen LogP contribution is 2.33. The number of benzene rings is 3. The number of hydrogen-bond donors (Lipinski definition) is 2. The van der Waals surface area contributed by atoms with Gasteiger partial charge in [-0.05, 0) is 37.1 Å². The van der Waals surface area contributed by atoms with Gasteiger partial charge in [0.2, 0.25) is 0 Å². The zero-order valence-electron chi connectivity index (χ0n) is 18.3. The summed E-state index contributed by atoms with van der Waals surface area (Å²) in [6, 6.07) is 27.8. The normalized spacial score (nSPS) is 11.9. The minimum Gasteiger partial charge on any atom is -0.441 e. The second kappa shape index (κ2) is 8.67. The van der Waals surface area contributed by atoms with Crippen LogP contribution in [0, 0.1) is 6.92 Å². The fourth-order valence-electron chi connectivity index (χ4n) is 3.83. The summed E-state index contributed by atoms with van der Waals surface area (Å²) >= 11 is 0. The number of amides is 1. The largest absolute Gasteiger partial charge is 0.441 e. The molecule has 0 saturated carbocycles. The smallest absolute Gasteiger partial charge is 0.412 e. The molecule has 0 saturated heterocycles. The van der Waals surface area contributed by atoms with Crippen molar-refractivity contribution in [3.05, 3.63) is 96.2 Å². The first-order chi connectivity index (χ1) is 16.1. The Morgan fingerprint density at radius 2 is 1.67 bits per heavy atom. The van der Waals surface area contributed by atoms with Gasteiger partial charge in [0.25, 0.3) is 0 Å². The number of anilines is 1. The molecule has 2 heterocycles. The van der Waals surface area contributed by atoms with Crippen molar-refractivity contribution in [1.29, 1.82) is 0 Å². The summed E-state index contributed by atoms with van der Waals surface area (Å²) in [5, 5.41) is 8.00. The van der Waals surface area contributed by atoms with Crippen molar-refractivity contribution < 1.29 is 14.1 Å². The predicted molar refractivity (Wildman–Crippen MR) is 129 cm³/mol. The summed E-state index contributed by atoms with van der Waals surface area (Å²) in [6.07, 6.45) is -0.945.